The molecule has 0 N–H and O–H groups in total. The van der Waals surface area contributed by atoms with Gasteiger partial charge in [0.15, 0.2) is 0 Å². The van der Waals surface area contributed by atoms with E-state index in [4.69, 9.17) is 0 Å². The van der Waals surface area contributed by atoms with Crippen molar-refractivity contribution in [2.75, 3.05) is 0 Å². The first kappa shape index (κ1) is 11.2. The number of hydrogen-bond acceptors (Lipinski definition) is 0. The van der Waals surface area contributed by atoms with Crippen molar-refractivity contribution in [3.8, 4) is 11.1 Å². The topological polar surface area (TPSA) is 0 Å². The smallest absolute Gasteiger partial charge is 0.00923 e. The molecule has 0 saturated heterocycles. The largest absolute Gasteiger partial charge is 0.0622 e. The second-order valence-corrected chi connectivity index (χ2v) is 4.97. The van der Waals surface area contributed by atoms with E-state index in [0.717, 1.165) is 0 Å². The van der Waals surface area contributed by atoms with Crippen LogP contribution in [-0.4, -0.2) is 0 Å². The van der Waals surface area contributed by atoms with Crippen molar-refractivity contribution in [2.45, 2.75) is 0 Å². The highest BCUT2D eigenvalue weighted by Crippen LogP contribution is 2.32. The standard InChI is InChI=1S/C20H13/c1-2-7-15(8-3-1)18-11-6-12-19-17-10-5-4-9-16(17)13-14-20(18)19/h1-12,14H. The molecule has 0 heterocycles. The molecule has 0 atom stereocenters. The fourth-order valence-electron chi connectivity index (χ4n) is 2.82. The van der Waals surface area contributed by atoms with E-state index >= 15 is 0 Å². The molecular weight excluding hydrogens is 240 g/mol. The summed E-state index contributed by atoms with van der Waals surface area (Å²) in [6.07, 6.45) is 0. The summed E-state index contributed by atoms with van der Waals surface area (Å²) >= 11 is 0. The fourth-order valence-corrected chi connectivity index (χ4v) is 2.82. The van der Waals surface area contributed by atoms with E-state index in [2.05, 4.69) is 84.9 Å². The van der Waals surface area contributed by atoms with Crippen LogP contribution in [0, 0.1) is 6.07 Å². The van der Waals surface area contributed by atoms with Gasteiger partial charge in [0, 0.05) is 0 Å². The first-order chi connectivity index (χ1) is 9.93. The van der Waals surface area contributed by atoms with Gasteiger partial charge in [0.05, 0.1) is 0 Å². The molecule has 0 aliphatic carbocycles. The van der Waals surface area contributed by atoms with Gasteiger partial charge in [0.1, 0.15) is 0 Å². The maximum atomic E-state index is 3.40. The summed E-state index contributed by atoms with van der Waals surface area (Å²) in [6, 6.07) is 31.0. The summed E-state index contributed by atoms with van der Waals surface area (Å²) in [7, 11) is 0. The molecule has 0 saturated carbocycles. The highest BCUT2D eigenvalue weighted by molar-refractivity contribution is 6.11. The monoisotopic (exact) mass is 253 g/mol. The molecule has 4 aromatic rings. The van der Waals surface area contributed by atoms with E-state index in [1.165, 1.54) is 32.7 Å². The highest BCUT2D eigenvalue weighted by Gasteiger charge is 2.05. The number of hydrogen-bond donors (Lipinski definition) is 0. The van der Waals surface area contributed by atoms with E-state index in [0.29, 0.717) is 0 Å². The van der Waals surface area contributed by atoms with Gasteiger partial charge in [-0.3, -0.25) is 0 Å². The fraction of sp³-hybridized carbons (Fsp3) is 0. The molecule has 0 aliphatic rings. The highest BCUT2D eigenvalue weighted by atomic mass is 14.1. The minimum Gasteiger partial charge on any atom is -0.0622 e. The lowest BCUT2D eigenvalue weighted by atomic mass is 9.95. The normalized spacial score (nSPS) is 11.0. The molecule has 0 heteroatoms. The van der Waals surface area contributed by atoms with Gasteiger partial charge in [-0.2, -0.15) is 0 Å². The zero-order chi connectivity index (χ0) is 13.4. The SMILES string of the molecule is [c]1cc2c(-c3ccccc3)cccc2c2ccccc12. The van der Waals surface area contributed by atoms with Gasteiger partial charge in [-0.05, 0) is 44.8 Å². The molecule has 0 unspecified atom stereocenters. The van der Waals surface area contributed by atoms with Crippen molar-refractivity contribution in [2.24, 2.45) is 0 Å². The van der Waals surface area contributed by atoms with Crippen LogP contribution in [0.1, 0.15) is 0 Å². The van der Waals surface area contributed by atoms with Crippen LogP contribution in [0.3, 0.4) is 0 Å². The third-order valence-corrected chi connectivity index (χ3v) is 3.78. The molecule has 93 valence electrons. The van der Waals surface area contributed by atoms with Crippen LogP contribution in [0.4, 0.5) is 0 Å². The predicted octanol–water partition coefficient (Wildman–Crippen LogP) is 5.46. The summed E-state index contributed by atoms with van der Waals surface area (Å²) in [6.45, 7) is 0. The molecule has 0 aliphatic heterocycles. The molecule has 0 amide bonds. The summed E-state index contributed by atoms with van der Waals surface area (Å²) < 4.78 is 0. The molecule has 4 aromatic carbocycles. The van der Waals surface area contributed by atoms with Gasteiger partial charge in [-0.1, -0.05) is 72.8 Å². The zero-order valence-electron chi connectivity index (χ0n) is 11.0. The van der Waals surface area contributed by atoms with Crippen molar-refractivity contribution in [1.82, 2.24) is 0 Å². The molecule has 4 rings (SSSR count). The summed E-state index contributed by atoms with van der Waals surface area (Å²) in [5.74, 6) is 0. The molecule has 0 fully saturated rings. The van der Waals surface area contributed by atoms with Gasteiger partial charge in [0.2, 0.25) is 0 Å². The van der Waals surface area contributed by atoms with Crippen LogP contribution in [0.2, 0.25) is 0 Å². The Kier molecular flexibility index (Phi) is 2.53. The number of rotatable bonds is 1. The molecule has 20 heavy (non-hydrogen) atoms. The van der Waals surface area contributed by atoms with Crippen molar-refractivity contribution in [1.29, 1.82) is 0 Å². The Balaban J connectivity index is 2.12. The minimum atomic E-state index is 1.17. The first-order valence-corrected chi connectivity index (χ1v) is 6.81. The Morgan fingerprint density at radius 2 is 1.30 bits per heavy atom. The number of benzene rings is 4. The molecule has 1 radical (unpaired) electrons. The Hall–Kier alpha value is -2.60. The Morgan fingerprint density at radius 3 is 2.20 bits per heavy atom. The van der Waals surface area contributed by atoms with Crippen molar-refractivity contribution >= 4 is 21.5 Å². The second kappa shape index (κ2) is 4.50. The quantitative estimate of drug-likeness (QED) is 0.395. The molecule has 0 spiro atoms. The van der Waals surface area contributed by atoms with Gasteiger partial charge < -0.3 is 0 Å². The average Bonchev–Trinajstić information content (AvgIpc) is 2.55. The Morgan fingerprint density at radius 1 is 0.550 bits per heavy atom. The minimum absolute atomic E-state index is 1.17. The molecular formula is C20H13. The average molecular weight is 253 g/mol. The van der Waals surface area contributed by atoms with Gasteiger partial charge >= 0.3 is 0 Å². The predicted molar refractivity (Wildman–Crippen MR) is 85.7 cm³/mol. The molecule has 0 bridgehead atoms. The molecule has 0 nitrogen and oxygen atoms in total. The summed E-state index contributed by atoms with van der Waals surface area (Å²) in [5.41, 5.74) is 2.52. The maximum absolute atomic E-state index is 3.40. The Bertz CT molecular complexity index is 889. The third kappa shape index (κ3) is 1.70. The van der Waals surface area contributed by atoms with Crippen LogP contribution >= 0.6 is 0 Å². The van der Waals surface area contributed by atoms with Crippen molar-refractivity contribution in [3.05, 3.63) is 84.9 Å². The van der Waals surface area contributed by atoms with Crippen LogP contribution in [0.5, 0.6) is 0 Å². The van der Waals surface area contributed by atoms with E-state index in [9.17, 15) is 0 Å². The van der Waals surface area contributed by atoms with Crippen molar-refractivity contribution in [3.63, 3.8) is 0 Å². The third-order valence-electron chi connectivity index (χ3n) is 3.78. The van der Waals surface area contributed by atoms with E-state index in [1.807, 2.05) is 0 Å². The van der Waals surface area contributed by atoms with Gasteiger partial charge in [-0.15, -0.1) is 0 Å². The van der Waals surface area contributed by atoms with Gasteiger partial charge in [-0.25, -0.2) is 0 Å². The van der Waals surface area contributed by atoms with Crippen LogP contribution < -0.4 is 0 Å². The van der Waals surface area contributed by atoms with E-state index in [-0.39, 0.29) is 0 Å². The Labute approximate surface area is 118 Å². The zero-order valence-corrected chi connectivity index (χ0v) is 11.0. The second-order valence-electron chi connectivity index (χ2n) is 4.97. The summed E-state index contributed by atoms with van der Waals surface area (Å²) in [5, 5.41) is 4.99. The lowest BCUT2D eigenvalue weighted by molar-refractivity contribution is 1.66. The lowest BCUT2D eigenvalue weighted by Gasteiger charge is -2.09. The van der Waals surface area contributed by atoms with Crippen LogP contribution in [-0.2, 0) is 0 Å². The number of fused-ring (bicyclic) bond motifs is 3. The molecule has 0 aromatic heterocycles. The van der Waals surface area contributed by atoms with Gasteiger partial charge in [0.25, 0.3) is 0 Å². The van der Waals surface area contributed by atoms with Crippen LogP contribution in [0.25, 0.3) is 32.7 Å². The maximum Gasteiger partial charge on any atom is -0.00923 e. The van der Waals surface area contributed by atoms with Crippen LogP contribution in [0.15, 0.2) is 78.9 Å². The lowest BCUT2D eigenvalue weighted by Crippen LogP contribution is -1.83. The first-order valence-electron chi connectivity index (χ1n) is 6.81. The van der Waals surface area contributed by atoms with E-state index < -0.39 is 0 Å². The van der Waals surface area contributed by atoms with E-state index in [1.54, 1.807) is 0 Å². The van der Waals surface area contributed by atoms with Crippen molar-refractivity contribution < 1.29 is 0 Å². The summed E-state index contributed by atoms with van der Waals surface area (Å²) in [4.78, 5) is 0.